The van der Waals surface area contributed by atoms with E-state index in [-0.39, 0.29) is 18.9 Å². The molecule has 2 aromatic rings. The minimum Gasteiger partial charge on any atom is -0.391 e. The van der Waals surface area contributed by atoms with Crippen molar-refractivity contribution in [3.63, 3.8) is 0 Å². The molecule has 5 nitrogen and oxygen atoms in total. The summed E-state index contributed by atoms with van der Waals surface area (Å²) in [6.07, 6.45) is 1.00. The number of amides is 1. The van der Waals surface area contributed by atoms with Crippen LogP contribution in [0.5, 0.6) is 0 Å². The number of aliphatic hydroxyl groups is 1. The van der Waals surface area contributed by atoms with Crippen molar-refractivity contribution in [1.29, 1.82) is 0 Å². The first-order valence-corrected chi connectivity index (χ1v) is 6.91. The van der Waals surface area contributed by atoms with Gasteiger partial charge >= 0.3 is 0 Å². The molecule has 0 radical (unpaired) electrons. The van der Waals surface area contributed by atoms with E-state index in [0.717, 1.165) is 12.1 Å². The van der Waals surface area contributed by atoms with E-state index in [1.54, 1.807) is 6.92 Å². The average Bonchev–Trinajstić information content (AvgIpc) is 3.07. The Morgan fingerprint density at radius 2 is 2.18 bits per heavy atom. The van der Waals surface area contributed by atoms with Crippen molar-refractivity contribution >= 4 is 5.91 Å². The smallest absolute Gasteiger partial charge is 0.272 e. The fraction of sp³-hybridized carbons (Fsp3) is 0.333. The molecule has 1 aliphatic heterocycles. The van der Waals surface area contributed by atoms with Gasteiger partial charge in [-0.25, -0.2) is 13.8 Å². The zero-order chi connectivity index (χ0) is 15.9. The zero-order valence-electron chi connectivity index (χ0n) is 11.9. The van der Waals surface area contributed by atoms with Gasteiger partial charge in [-0.2, -0.15) is 0 Å². The van der Waals surface area contributed by atoms with E-state index in [2.05, 4.69) is 9.97 Å². The highest BCUT2D eigenvalue weighted by molar-refractivity contribution is 5.92. The van der Waals surface area contributed by atoms with Gasteiger partial charge in [-0.05, 0) is 31.0 Å². The van der Waals surface area contributed by atoms with E-state index < -0.39 is 23.8 Å². The molecule has 1 fully saturated rings. The number of halogens is 2. The number of hydrogen-bond donors (Lipinski definition) is 2. The number of aryl methyl sites for hydroxylation is 1. The van der Waals surface area contributed by atoms with Gasteiger partial charge in [0, 0.05) is 6.54 Å². The first-order chi connectivity index (χ1) is 10.5. The Morgan fingerprint density at radius 3 is 2.82 bits per heavy atom. The number of likely N-dealkylation sites (tertiary alicyclic amines) is 1. The highest BCUT2D eigenvalue weighted by Crippen LogP contribution is 2.33. The van der Waals surface area contributed by atoms with Crippen molar-refractivity contribution in [3.05, 3.63) is 53.1 Å². The summed E-state index contributed by atoms with van der Waals surface area (Å²) >= 11 is 0. The van der Waals surface area contributed by atoms with Gasteiger partial charge in [-0.3, -0.25) is 4.79 Å². The Labute approximate surface area is 125 Å². The molecule has 0 aliphatic carbocycles. The van der Waals surface area contributed by atoms with Crippen LogP contribution in [0.25, 0.3) is 0 Å². The van der Waals surface area contributed by atoms with Crippen LogP contribution in [-0.2, 0) is 0 Å². The summed E-state index contributed by atoms with van der Waals surface area (Å²) in [6.45, 7) is 1.86. The monoisotopic (exact) mass is 307 g/mol. The molecule has 1 amide bonds. The normalized spacial score (nSPS) is 21.4. The van der Waals surface area contributed by atoms with Crippen LogP contribution in [-0.4, -0.2) is 38.5 Å². The third-order valence-electron chi connectivity index (χ3n) is 3.80. The Hall–Kier alpha value is -2.28. The molecule has 7 heteroatoms. The lowest BCUT2D eigenvalue weighted by molar-refractivity contribution is 0.0710. The van der Waals surface area contributed by atoms with Gasteiger partial charge in [-0.1, -0.05) is 6.07 Å². The summed E-state index contributed by atoms with van der Waals surface area (Å²) in [5.74, 6) is -1.63. The third-order valence-corrected chi connectivity index (χ3v) is 3.80. The van der Waals surface area contributed by atoms with Crippen LogP contribution < -0.4 is 0 Å². The maximum Gasteiger partial charge on any atom is 0.272 e. The van der Waals surface area contributed by atoms with Gasteiger partial charge < -0.3 is 15.0 Å². The van der Waals surface area contributed by atoms with Crippen molar-refractivity contribution in [2.24, 2.45) is 0 Å². The lowest BCUT2D eigenvalue weighted by atomic mass is 10.0. The number of rotatable bonds is 2. The molecular formula is C15H15F2N3O2. The number of nitrogens with zero attached hydrogens (tertiary/aromatic N) is 2. The summed E-state index contributed by atoms with van der Waals surface area (Å²) in [7, 11) is 0. The summed E-state index contributed by atoms with van der Waals surface area (Å²) in [4.78, 5) is 20.8. The summed E-state index contributed by atoms with van der Waals surface area (Å²) in [5.41, 5.74) is 0.763. The van der Waals surface area contributed by atoms with Crippen molar-refractivity contribution in [3.8, 4) is 0 Å². The molecule has 1 aliphatic rings. The largest absolute Gasteiger partial charge is 0.391 e. The number of imidazole rings is 1. The second-order valence-corrected chi connectivity index (χ2v) is 5.42. The van der Waals surface area contributed by atoms with Crippen molar-refractivity contribution in [2.45, 2.75) is 25.5 Å². The van der Waals surface area contributed by atoms with E-state index in [1.165, 1.54) is 17.2 Å². The Bertz CT molecular complexity index is 717. The average molecular weight is 307 g/mol. The lowest BCUT2D eigenvalue weighted by Crippen LogP contribution is -2.32. The zero-order valence-corrected chi connectivity index (χ0v) is 11.9. The topological polar surface area (TPSA) is 69.2 Å². The standard InChI is InChI=1S/C15H15F2N3O2/c1-8-18-6-13(19-8)15(22)20-7-10(21)5-14(20)9-2-3-11(16)12(17)4-9/h2-4,6,10,14,21H,5,7H2,1H3,(H,18,19). The molecule has 2 heterocycles. The molecule has 116 valence electrons. The minimum atomic E-state index is -0.969. The van der Waals surface area contributed by atoms with Crippen LogP contribution in [0.3, 0.4) is 0 Å². The predicted molar refractivity (Wildman–Crippen MR) is 74.1 cm³/mol. The van der Waals surface area contributed by atoms with Crippen molar-refractivity contribution in [2.75, 3.05) is 6.54 Å². The van der Waals surface area contributed by atoms with Crippen LogP contribution in [0.15, 0.2) is 24.4 Å². The van der Waals surface area contributed by atoms with E-state index in [4.69, 9.17) is 0 Å². The Balaban J connectivity index is 1.91. The quantitative estimate of drug-likeness (QED) is 0.891. The van der Waals surface area contributed by atoms with Crippen LogP contribution >= 0.6 is 0 Å². The van der Waals surface area contributed by atoms with E-state index in [0.29, 0.717) is 17.1 Å². The van der Waals surface area contributed by atoms with Gasteiger partial charge in [0.1, 0.15) is 11.5 Å². The number of carbonyl (C=O) groups is 1. The van der Waals surface area contributed by atoms with Gasteiger partial charge in [0.25, 0.3) is 5.91 Å². The van der Waals surface area contributed by atoms with Gasteiger partial charge in [-0.15, -0.1) is 0 Å². The van der Waals surface area contributed by atoms with Crippen molar-refractivity contribution < 1.29 is 18.7 Å². The second-order valence-electron chi connectivity index (χ2n) is 5.42. The number of benzene rings is 1. The number of aliphatic hydroxyl groups excluding tert-OH is 1. The summed E-state index contributed by atoms with van der Waals surface area (Å²) in [5, 5.41) is 9.87. The second kappa shape index (κ2) is 5.49. The third kappa shape index (κ3) is 2.59. The number of β-amino-alcohol motifs (C(OH)–C–C–N with tert-alkyl or cyclic N) is 1. The van der Waals surface area contributed by atoms with Crippen LogP contribution in [0.1, 0.15) is 34.3 Å². The highest BCUT2D eigenvalue weighted by atomic mass is 19.2. The number of aromatic amines is 1. The first-order valence-electron chi connectivity index (χ1n) is 6.91. The molecule has 2 atom stereocenters. The molecular weight excluding hydrogens is 292 g/mol. The molecule has 1 aromatic carbocycles. The summed E-state index contributed by atoms with van der Waals surface area (Å²) in [6, 6.07) is 3.02. The molecule has 1 aromatic heterocycles. The van der Waals surface area contributed by atoms with Gasteiger partial charge in [0.2, 0.25) is 0 Å². The molecule has 1 saturated heterocycles. The highest BCUT2D eigenvalue weighted by Gasteiger charge is 2.36. The molecule has 0 saturated carbocycles. The fourth-order valence-corrected chi connectivity index (χ4v) is 2.76. The van der Waals surface area contributed by atoms with Gasteiger partial charge in [0.05, 0.1) is 18.3 Å². The fourth-order valence-electron chi connectivity index (χ4n) is 2.76. The van der Waals surface area contributed by atoms with Gasteiger partial charge in [0.15, 0.2) is 11.6 Å². The van der Waals surface area contributed by atoms with Crippen LogP contribution in [0.4, 0.5) is 8.78 Å². The number of nitrogens with one attached hydrogen (secondary N) is 1. The SMILES string of the molecule is Cc1ncc(C(=O)N2CC(O)CC2c2ccc(F)c(F)c2)[nH]1. The lowest BCUT2D eigenvalue weighted by Gasteiger charge is -2.24. The van der Waals surface area contributed by atoms with E-state index in [9.17, 15) is 18.7 Å². The Morgan fingerprint density at radius 1 is 1.41 bits per heavy atom. The number of carbonyl (C=O) groups excluding carboxylic acids is 1. The summed E-state index contributed by atoms with van der Waals surface area (Å²) < 4.78 is 26.5. The van der Waals surface area contributed by atoms with Crippen molar-refractivity contribution in [1.82, 2.24) is 14.9 Å². The number of aromatic nitrogens is 2. The van der Waals surface area contributed by atoms with E-state index >= 15 is 0 Å². The maximum atomic E-state index is 13.4. The molecule has 3 rings (SSSR count). The molecule has 0 spiro atoms. The molecule has 22 heavy (non-hydrogen) atoms. The molecule has 2 unspecified atom stereocenters. The molecule has 0 bridgehead atoms. The molecule has 2 N–H and O–H groups in total. The maximum absolute atomic E-state index is 13.4. The predicted octanol–water partition coefficient (Wildman–Crippen LogP) is 1.94. The minimum absolute atomic E-state index is 0.139. The number of hydrogen-bond acceptors (Lipinski definition) is 3. The first kappa shape index (κ1) is 14.6. The Kier molecular flexibility index (Phi) is 3.66. The van der Waals surface area contributed by atoms with Crippen LogP contribution in [0, 0.1) is 18.6 Å². The number of H-pyrrole nitrogens is 1. The van der Waals surface area contributed by atoms with Crippen LogP contribution in [0.2, 0.25) is 0 Å². The van der Waals surface area contributed by atoms with E-state index in [1.807, 2.05) is 0 Å².